The minimum atomic E-state index is -0.653. The minimum absolute atomic E-state index is 0.0654. The van der Waals surface area contributed by atoms with Crippen molar-refractivity contribution in [2.75, 3.05) is 50.1 Å². The van der Waals surface area contributed by atoms with Gasteiger partial charge in [-0.15, -0.1) is 0 Å². The average Bonchev–Trinajstić information content (AvgIpc) is 3.25. The maximum Gasteiger partial charge on any atom is 0.414 e. The molecule has 13 heteroatoms. The van der Waals surface area contributed by atoms with Gasteiger partial charge in [-0.05, 0) is 30.3 Å². The number of amides is 4. The van der Waals surface area contributed by atoms with Crippen molar-refractivity contribution in [1.29, 1.82) is 0 Å². The summed E-state index contributed by atoms with van der Waals surface area (Å²) in [5.41, 5.74) is 0.831. The Morgan fingerprint density at radius 2 is 2.03 bits per heavy atom. The molecule has 0 unspecified atom stereocenters. The van der Waals surface area contributed by atoms with Gasteiger partial charge in [0.25, 0.3) is 5.91 Å². The Kier molecular flexibility index (Phi) is 8.76. The molecule has 0 spiro atoms. The second-order valence-electron chi connectivity index (χ2n) is 7.35. The lowest BCUT2D eigenvalue weighted by Crippen LogP contribution is -2.38. The topological polar surface area (TPSA) is 151 Å². The third-order valence-corrected chi connectivity index (χ3v) is 4.89. The van der Waals surface area contributed by atoms with E-state index in [1.54, 1.807) is 18.2 Å². The second kappa shape index (κ2) is 12.2. The molecule has 1 saturated heterocycles. The molecule has 1 atom stereocenters. The van der Waals surface area contributed by atoms with Crippen molar-refractivity contribution < 1.29 is 33.0 Å². The largest absolute Gasteiger partial charge is 0.453 e. The van der Waals surface area contributed by atoms with Crippen molar-refractivity contribution in [2.45, 2.75) is 6.10 Å². The van der Waals surface area contributed by atoms with E-state index >= 15 is 0 Å². The fourth-order valence-corrected chi connectivity index (χ4v) is 3.14. The van der Waals surface area contributed by atoms with Gasteiger partial charge in [0.05, 0.1) is 43.7 Å². The lowest BCUT2D eigenvalue weighted by Gasteiger charge is -2.15. The number of nitrogens with one attached hydrogen (secondary N) is 4. The van der Waals surface area contributed by atoms with Crippen molar-refractivity contribution in [2.24, 2.45) is 0 Å². The minimum Gasteiger partial charge on any atom is -0.453 e. The van der Waals surface area contributed by atoms with Crippen LogP contribution in [0.25, 0.3) is 0 Å². The lowest BCUT2D eigenvalue weighted by molar-refractivity contribution is -0.120. The summed E-state index contributed by atoms with van der Waals surface area (Å²) < 4.78 is 24.2. The van der Waals surface area contributed by atoms with Gasteiger partial charge in [0.2, 0.25) is 5.91 Å². The van der Waals surface area contributed by atoms with Gasteiger partial charge in [-0.25, -0.2) is 14.0 Å². The maximum absolute atomic E-state index is 14.5. The number of hydrogen-bond donors (Lipinski definition) is 4. The monoisotopic (exact) mass is 488 g/mol. The molecule has 0 aliphatic carbocycles. The summed E-state index contributed by atoms with van der Waals surface area (Å²) in [6.45, 7) is 0.412. The third-order valence-electron chi connectivity index (χ3n) is 4.89. The molecular weight excluding hydrogens is 463 g/mol. The first-order valence-corrected chi connectivity index (χ1v) is 10.7. The second-order valence-corrected chi connectivity index (χ2v) is 7.35. The number of cyclic esters (lactones) is 1. The first-order valence-electron chi connectivity index (χ1n) is 10.7. The molecular formula is C22H25FN6O6. The van der Waals surface area contributed by atoms with Gasteiger partial charge in [-0.2, -0.15) is 0 Å². The van der Waals surface area contributed by atoms with E-state index in [4.69, 9.17) is 4.74 Å². The molecule has 1 aromatic carbocycles. The molecule has 2 aromatic rings. The van der Waals surface area contributed by atoms with Crippen LogP contribution in [0.2, 0.25) is 0 Å². The van der Waals surface area contributed by atoms with Gasteiger partial charge in [0.1, 0.15) is 11.9 Å². The number of nitrogens with zero attached hydrogens (tertiary/aromatic N) is 2. The molecule has 4 amide bonds. The molecule has 0 saturated carbocycles. The fraction of sp³-hybridized carbons (Fsp3) is 0.318. The van der Waals surface area contributed by atoms with E-state index in [1.807, 2.05) is 0 Å². The number of carbonyl (C=O) groups is 4. The van der Waals surface area contributed by atoms with E-state index in [0.29, 0.717) is 11.3 Å². The standard InChI is InChI=1S/C22H25FN6O6/c1-34-21(32)28-11-16-13-29(22(33)35-16)15-4-5-18(17(23)9-15)25-7-8-26-19(30)12-27-20(31)14-3-2-6-24-10-14/h2-6,9-10,16,25H,7-8,11-13H2,1H3,(H,26,30)(H,27,31)(H,28,32)/t16-/m0/s1. The van der Waals surface area contributed by atoms with Crippen LogP contribution in [0.15, 0.2) is 42.7 Å². The van der Waals surface area contributed by atoms with Gasteiger partial charge >= 0.3 is 12.2 Å². The van der Waals surface area contributed by atoms with Gasteiger partial charge in [0.15, 0.2) is 0 Å². The van der Waals surface area contributed by atoms with Crippen molar-refractivity contribution in [3.8, 4) is 0 Å². The molecule has 3 rings (SSSR count). The number of ether oxygens (including phenoxy) is 2. The normalized spacial score (nSPS) is 14.6. The molecule has 35 heavy (non-hydrogen) atoms. The number of pyridine rings is 1. The van der Waals surface area contributed by atoms with Gasteiger partial charge < -0.3 is 30.7 Å². The van der Waals surface area contributed by atoms with E-state index in [9.17, 15) is 23.6 Å². The van der Waals surface area contributed by atoms with Crippen molar-refractivity contribution >= 4 is 35.4 Å². The highest BCUT2D eigenvalue weighted by Crippen LogP contribution is 2.25. The molecule has 0 radical (unpaired) electrons. The van der Waals surface area contributed by atoms with Crippen LogP contribution in [0.4, 0.5) is 25.4 Å². The summed E-state index contributed by atoms with van der Waals surface area (Å²) in [6.07, 6.45) is 1.03. The first kappa shape index (κ1) is 25.2. The Bertz CT molecular complexity index is 1070. The number of rotatable bonds is 10. The Labute approximate surface area is 200 Å². The van der Waals surface area contributed by atoms with Crippen LogP contribution in [-0.4, -0.2) is 74.9 Å². The highest BCUT2D eigenvalue weighted by Gasteiger charge is 2.33. The summed E-state index contributed by atoms with van der Waals surface area (Å²) in [5, 5.41) is 10.4. The Morgan fingerprint density at radius 1 is 1.20 bits per heavy atom. The summed E-state index contributed by atoms with van der Waals surface area (Å²) in [4.78, 5) is 52.1. The van der Waals surface area contributed by atoms with Crippen LogP contribution >= 0.6 is 0 Å². The van der Waals surface area contributed by atoms with E-state index in [1.165, 1.54) is 36.5 Å². The van der Waals surface area contributed by atoms with Gasteiger partial charge in [-0.3, -0.25) is 19.5 Å². The van der Waals surface area contributed by atoms with Crippen LogP contribution in [0.1, 0.15) is 10.4 Å². The first-order chi connectivity index (χ1) is 16.9. The van der Waals surface area contributed by atoms with Crippen molar-refractivity contribution in [3.63, 3.8) is 0 Å². The molecule has 12 nitrogen and oxygen atoms in total. The number of anilines is 2. The number of halogens is 1. The zero-order valence-electron chi connectivity index (χ0n) is 18.9. The molecule has 2 heterocycles. The maximum atomic E-state index is 14.5. The molecule has 1 aliphatic heterocycles. The van der Waals surface area contributed by atoms with E-state index in [0.717, 1.165) is 0 Å². The summed E-state index contributed by atoms with van der Waals surface area (Å²) >= 11 is 0. The molecule has 4 N–H and O–H groups in total. The van der Waals surface area contributed by atoms with E-state index in [-0.39, 0.29) is 38.4 Å². The smallest absolute Gasteiger partial charge is 0.414 e. The fourth-order valence-electron chi connectivity index (χ4n) is 3.14. The van der Waals surface area contributed by atoms with Crippen LogP contribution in [0.3, 0.4) is 0 Å². The Balaban J connectivity index is 1.40. The molecule has 1 aromatic heterocycles. The Morgan fingerprint density at radius 3 is 2.74 bits per heavy atom. The number of alkyl carbamates (subject to hydrolysis) is 1. The highest BCUT2D eigenvalue weighted by molar-refractivity contribution is 5.96. The third kappa shape index (κ3) is 7.28. The zero-order valence-corrected chi connectivity index (χ0v) is 18.9. The number of hydrogen-bond acceptors (Lipinski definition) is 8. The van der Waals surface area contributed by atoms with E-state index in [2.05, 4.69) is 31.0 Å². The van der Waals surface area contributed by atoms with Crippen LogP contribution in [0.5, 0.6) is 0 Å². The summed E-state index contributed by atoms with van der Waals surface area (Å²) in [6, 6.07) is 7.40. The summed E-state index contributed by atoms with van der Waals surface area (Å²) in [7, 11) is 1.22. The number of carbonyl (C=O) groups excluding carboxylic acids is 4. The SMILES string of the molecule is COC(=O)NC[C@H]1CN(c2ccc(NCCNC(=O)CNC(=O)c3cccnc3)c(F)c2)C(=O)O1. The molecule has 1 aliphatic rings. The summed E-state index contributed by atoms with van der Waals surface area (Å²) in [5.74, 6) is -1.41. The molecule has 1 fully saturated rings. The van der Waals surface area contributed by atoms with Crippen LogP contribution in [0, 0.1) is 5.82 Å². The van der Waals surface area contributed by atoms with Gasteiger partial charge in [0, 0.05) is 25.5 Å². The van der Waals surface area contributed by atoms with Crippen molar-refractivity contribution in [1.82, 2.24) is 20.9 Å². The number of benzene rings is 1. The average molecular weight is 488 g/mol. The number of aromatic nitrogens is 1. The molecule has 0 bridgehead atoms. The van der Waals surface area contributed by atoms with Gasteiger partial charge in [-0.1, -0.05) is 0 Å². The highest BCUT2D eigenvalue weighted by atomic mass is 19.1. The zero-order chi connectivity index (χ0) is 25.2. The molecule has 186 valence electrons. The quantitative estimate of drug-likeness (QED) is 0.360. The van der Waals surface area contributed by atoms with Crippen molar-refractivity contribution in [3.05, 3.63) is 54.1 Å². The Hall–Kier alpha value is -4.42. The number of methoxy groups -OCH3 is 1. The predicted octanol–water partition coefficient (Wildman–Crippen LogP) is 0.860. The predicted molar refractivity (Wildman–Crippen MR) is 122 cm³/mol. The lowest BCUT2D eigenvalue weighted by atomic mass is 10.2. The van der Waals surface area contributed by atoms with Crippen LogP contribution in [-0.2, 0) is 14.3 Å². The van der Waals surface area contributed by atoms with Crippen LogP contribution < -0.4 is 26.2 Å². The van der Waals surface area contributed by atoms with E-state index < -0.39 is 35.9 Å².